The van der Waals surface area contributed by atoms with Gasteiger partial charge in [-0.15, -0.1) is 11.3 Å². The van der Waals surface area contributed by atoms with Crippen LogP contribution >= 0.6 is 11.3 Å². The van der Waals surface area contributed by atoms with E-state index in [4.69, 9.17) is 0 Å². The van der Waals surface area contributed by atoms with Crippen LogP contribution in [0, 0.1) is 0 Å². The molecule has 7 nitrogen and oxygen atoms in total. The van der Waals surface area contributed by atoms with E-state index >= 15 is 0 Å². The number of carbonyl (C=O) groups excluding carboxylic acids is 1. The molecule has 0 saturated heterocycles. The van der Waals surface area contributed by atoms with Gasteiger partial charge in [-0.2, -0.15) is 0 Å². The van der Waals surface area contributed by atoms with E-state index in [1.807, 2.05) is 30.3 Å². The number of methoxy groups -OCH3 is 1. The summed E-state index contributed by atoms with van der Waals surface area (Å²) in [6.45, 7) is 0.160. The molecule has 0 saturated carbocycles. The van der Waals surface area contributed by atoms with Gasteiger partial charge in [0.1, 0.15) is 9.77 Å². The van der Waals surface area contributed by atoms with Gasteiger partial charge >= 0.3 is 5.97 Å². The summed E-state index contributed by atoms with van der Waals surface area (Å²) in [5.74, 6) is -0.0591. The predicted molar refractivity (Wildman–Crippen MR) is 102 cm³/mol. The molecule has 0 unspecified atom stereocenters. The Kier molecular flexibility index (Phi) is 5.94. The van der Waals surface area contributed by atoms with E-state index in [9.17, 15) is 13.2 Å². The Morgan fingerprint density at radius 3 is 2.52 bits per heavy atom. The quantitative estimate of drug-likeness (QED) is 0.609. The standard InChI is InChI=1S/C18H17N3O4S2/c1-25-18(22)16-15(8-10-26-16)27(23,24)21-9-7-13-11-19-17(20-12-13)14-5-3-2-4-6-14/h2-6,8,10-12,21H,7,9H2,1H3. The first-order chi connectivity index (χ1) is 13.0. The molecule has 0 aliphatic carbocycles. The monoisotopic (exact) mass is 403 g/mol. The zero-order valence-electron chi connectivity index (χ0n) is 14.5. The Bertz CT molecular complexity index is 1020. The highest BCUT2D eigenvalue weighted by atomic mass is 32.2. The number of nitrogens with one attached hydrogen (secondary N) is 1. The lowest BCUT2D eigenvalue weighted by atomic mass is 10.2. The molecule has 27 heavy (non-hydrogen) atoms. The molecule has 3 aromatic rings. The van der Waals surface area contributed by atoms with Crippen LogP contribution in [-0.2, 0) is 21.2 Å². The predicted octanol–water partition coefficient (Wildman–Crippen LogP) is 2.51. The van der Waals surface area contributed by atoms with Crippen molar-refractivity contribution in [1.29, 1.82) is 0 Å². The number of aromatic nitrogens is 2. The van der Waals surface area contributed by atoms with E-state index < -0.39 is 16.0 Å². The number of thiophene rings is 1. The Morgan fingerprint density at radius 1 is 1.15 bits per heavy atom. The van der Waals surface area contributed by atoms with Crippen molar-refractivity contribution < 1.29 is 17.9 Å². The van der Waals surface area contributed by atoms with E-state index in [1.54, 1.807) is 12.4 Å². The van der Waals surface area contributed by atoms with Gasteiger partial charge in [-0.05, 0) is 23.4 Å². The fourth-order valence-electron chi connectivity index (χ4n) is 2.38. The van der Waals surface area contributed by atoms with Crippen molar-refractivity contribution in [2.75, 3.05) is 13.7 Å². The Morgan fingerprint density at radius 2 is 1.85 bits per heavy atom. The Hall–Kier alpha value is -2.62. The molecule has 1 aromatic carbocycles. The first-order valence-electron chi connectivity index (χ1n) is 8.03. The van der Waals surface area contributed by atoms with Crippen LogP contribution in [0.1, 0.15) is 15.2 Å². The maximum Gasteiger partial charge on any atom is 0.349 e. The maximum absolute atomic E-state index is 12.4. The van der Waals surface area contributed by atoms with Crippen LogP contribution in [0.5, 0.6) is 0 Å². The number of ether oxygens (including phenoxy) is 1. The lowest BCUT2D eigenvalue weighted by molar-refractivity contribution is 0.0602. The Labute approximate surface area is 161 Å². The van der Waals surface area contributed by atoms with Crippen LogP contribution in [0.3, 0.4) is 0 Å². The summed E-state index contributed by atoms with van der Waals surface area (Å²) < 4.78 is 31.9. The number of hydrogen-bond donors (Lipinski definition) is 1. The van der Waals surface area contributed by atoms with E-state index in [0.717, 1.165) is 22.5 Å². The lowest BCUT2D eigenvalue weighted by Crippen LogP contribution is -2.27. The summed E-state index contributed by atoms with van der Waals surface area (Å²) in [5, 5.41) is 1.54. The lowest BCUT2D eigenvalue weighted by Gasteiger charge is -2.07. The number of esters is 1. The third-order valence-electron chi connectivity index (χ3n) is 3.73. The second kappa shape index (κ2) is 8.38. The van der Waals surface area contributed by atoms with E-state index in [1.165, 1.54) is 18.6 Å². The van der Waals surface area contributed by atoms with Crippen molar-refractivity contribution in [3.8, 4) is 11.4 Å². The fraction of sp³-hybridized carbons (Fsp3) is 0.167. The van der Waals surface area contributed by atoms with Crippen LogP contribution in [-0.4, -0.2) is 38.0 Å². The van der Waals surface area contributed by atoms with E-state index in [-0.39, 0.29) is 16.3 Å². The highest BCUT2D eigenvalue weighted by Crippen LogP contribution is 2.22. The second-order valence-corrected chi connectivity index (χ2v) is 8.19. The molecular formula is C18H17N3O4S2. The molecule has 1 N–H and O–H groups in total. The van der Waals surface area contributed by atoms with Gasteiger partial charge in [0.15, 0.2) is 5.82 Å². The van der Waals surface area contributed by atoms with Crippen molar-refractivity contribution in [2.45, 2.75) is 11.3 Å². The number of benzene rings is 1. The highest BCUT2D eigenvalue weighted by molar-refractivity contribution is 7.89. The van der Waals surface area contributed by atoms with Crippen molar-refractivity contribution in [3.63, 3.8) is 0 Å². The third kappa shape index (κ3) is 4.57. The van der Waals surface area contributed by atoms with Crippen LogP contribution in [0.15, 0.2) is 59.1 Å². The molecule has 0 aliphatic heterocycles. The van der Waals surface area contributed by atoms with Gasteiger partial charge in [-0.1, -0.05) is 30.3 Å². The van der Waals surface area contributed by atoms with Crippen molar-refractivity contribution >= 4 is 27.3 Å². The number of hydrogen-bond acceptors (Lipinski definition) is 7. The number of carbonyl (C=O) groups is 1. The molecular weight excluding hydrogens is 386 g/mol. The van der Waals surface area contributed by atoms with Gasteiger partial charge in [0.2, 0.25) is 10.0 Å². The topological polar surface area (TPSA) is 98.2 Å². The Balaban J connectivity index is 1.63. The van der Waals surface area contributed by atoms with E-state index in [0.29, 0.717) is 12.2 Å². The molecule has 0 fully saturated rings. The molecule has 0 amide bonds. The minimum Gasteiger partial charge on any atom is -0.465 e. The molecule has 0 bridgehead atoms. The molecule has 0 radical (unpaired) electrons. The van der Waals surface area contributed by atoms with Gasteiger partial charge in [-0.3, -0.25) is 0 Å². The summed E-state index contributed by atoms with van der Waals surface area (Å²) >= 11 is 1.02. The minimum absolute atomic E-state index is 0.0561. The summed E-state index contributed by atoms with van der Waals surface area (Å²) in [6, 6.07) is 11.0. The van der Waals surface area contributed by atoms with Gasteiger partial charge in [0, 0.05) is 24.5 Å². The van der Waals surface area contributed by atoms with E-state index in [2.05, 4.69) is 19.4 Å². The SMILES string of the molecule is COC(=O)c1sccc1S(=O)(=O)NCCc1cnc(-c2ccccc2)nc1. The van der Waals surface area contributed by atoms with Crippen molar-refractivity contribution in [2.24, 2.45) is 0 Å². The summed E-state index contributed by atoms with van der Waals surface area (Å²) in [7, 11) is -2.59. The van der Waals surface area contributed by atoms with Crippen LogP contribution in [0.4, 0.5) is 0 Å². The molecule has 2 aromatic heterocycles. The normalized spacial score (nSPS) is 11.3. The average molecular weight is 403 g/mol. The van der Waals surface area contributed by atoms with Gasteiger partial charge in [-0.25, -0.2) is 27.9 Å². The smallest absolute Gasteiger partial charge is 0.349 e. The highest BCUT2D eigenvalue weighted by Gasteiger charge is 2.24. The summed E-state index contributed by atoms with van der Waals surface area (Å²) in [6.07, 6.45) is 3.77. The zero-order valence-corrected chi connectivity index (χ0v) is 16.1. The van der Waals surface area contributed by atoms with Crippen molar-refractivity contribution in [3.05, 3.63) is 64.6 Å². The first-order valence-corrected chi connectivity index (χ1v) is 10.4. The van der Waals surface area contributed by atoms with Gasteiger partial charge in [0.25, 0.3) is 0 Å². The van der Waals surface area contributed by atoms with Crippen LogP contribution in [0.25, 0.3) is 11.4 Å². The number of rotatable bonds is 7. The number of nitrogens with zero attached hydrogens (tertiary/aromatic N) is 2. The first kappa shape index (κ1) is 19.2. The molecule has 0 spiro atoms. The maximum atomic E-state index is 12.4. The zero-order chi connectivity index (χ0) is 19.3. The molecule has 0 atom stereocenters. The second-order valence-electron chi connectivity index (χ2n) is 5.53. The third-order valence-corrected chi connectivity index (χ3v) is 6.26. The molecule has 9 heteroatoms. The molecule has 2 heterocycles. The summed E-state index contributed by atoms with van der Waals surface area (Å²) in [4.78, 5) is 20.3. The van der Waals surface area contributed by atoms with Crippen LogP contribution in [0.2, 0.25) is 0 Å². The minimum atomic E-state index is -3.81. The van der Waals surface area contributed by atoms with Gasteiger partial charge in [0.05, 0.1) is 7.11 Å². The number of sulfonamides is 1. The average Bonchev–Trinajstić information content (AvgIpc) is 3.19. The molecule has 3 rings (SSSR count). The molecule has 0 aliphatic rings. The van der Waals surface area contributed by atoms with Gasteiger partial charge < -0.3 is 4.74 Å². The van der Waals surface area contributed by atoms with Crippen LogP contribution < -0.4 is 4.72 Å². The molecule has 140 valence electrons. The largest absolute Gasteiger partial charge is 0.465 e. The fourth-order valence-corrected chi connectivity index (χ4v) is 4.74. The van der Waals surface area contributed by atoms with Crippen molar-refractivity contribution in [1.82, 2.24) is 14.7 Å². The summed E-state index contributed by atoms with van der Waals surface area (Å²) in [5.41, 5.74) is 1.72.